The average molecular weight is 443 g/mol. The smallest absolute Gasteiger partial charge is 0.271 e. The van der Waals surface area contributed by atoms with Gasteiger partial charge in [-0.1, -0.05) is 23.7 Å². The number of benzene rings is 1. The van der Waals surface area contributed by atoms with Crippen LogP contribution in [0.2, 0.25) is 5.02 Å². The highest BCUT2D eigenvalue weighted by Crippen LogP contribution is 2.22. The van der Waals surface area contributed by atoms with Crippen molar-refractivity contribution in [3.63, 3.8) is 0 Å². The number of anilines is 1. The molecule has 0 bridgehead atoms. The average Bonchev–Trinajstić information content (AvgIpc) is 3.28. The third kappa shape index (κ3) is 4.91. The summed E-state index contributed by atoms with van der Waals surface area (Å²) < 4.78 is 1.37. The third-order valence-electron chi connectivity index (χ3n) is 5.28. The molecule has 0 radical (unpaired) electrons. The van der Waals surface area contributed by atoms with Gasteiger partial charge in [0.1, 0.15) is 5.82 Å². The summed E-state index contributed by atoms with van der Waals surface area (Å²) >= 11 is 7.77. The Morgan fingerprint density at radius 2 is 2.00 bits per heavy atom. The Morgan fingerprint density at radius 3 is 2.73 bits per heavy atom. The molecule has 156 valence electrons. The number of piperidine rings is 1. The van der Waals surface area contributed by atoms with Crippen LogP contribution in [0.3, 0.4) is 0 Å². The molecule has 1 aromatic carbocycles. The lowest BCUT2D eigenvalue weighted by atomic mass is 9.96. The fourth-order valence-electron chi connectivity index (χ4n) is 3.64. The van der Waals surface area contributed by atoms with E-state index in [4.69, 9.17) is 11.6 Å². The van der Waals surface area contributed by atoms with Gasteiger partial charge in [-0.15, -0.1) is 16.4 Å². The molecule has 6 nitrogen and oxygen atoms in total. The normalized spacial score (nSPS) is 14.6. The number of carbonyl (C=O) groups excluding carboxylic acids is 1. The Morgan fingerprint density at radius 1 is 1.17 bits per heavy atom. The number of carbonyl (C=O) groups is 1. The number of nitrogens with one attached hydrogen (secondary N) is 1. The SMILES string of the molecule is O=C(NCCc1cccs1)C1CCN(c2ccc(=O)n(-c3cccc(Cl)c3)n2)CC1. The van der Waals surface area contributed by atoms with Gasteiger partial charge >= 0.3 is 0 Å². The van der Waals surface area contributed by atoms with E-state index in [2.05, 4.69) is 26.8 Å². The maximum Gasteiger partial charge on any atom is 0.271 e. The molecule has 4 rings (SSSR count). The van der Waals surface area contributed by atoms with E-state index in [1.807, 2.05) is 6.07 Å². The summed E-state index contributed by atoms with van der Waals surface area (Å²) in [4.78, 5) is 28.2. The maximum absolute atomic E-state index is 12.5. The first-order valence-electron chi connectivity index (χ1n) is 10.0. The Bertz CT molecular complexity index is 1060. The number of amides is 1. The first-order valence-corrected chi connectivity index (χ1v) is 11.3. The van der Waals surface area contributed by atoms with Crippen LogP contribution in [0.1, 0.15) is 17.7 Å². The van der Waals surface area contributed by atoms with E-state index in [0.29, 0.717) is 17.3 Å². The van der Waals surface area contributed by atoms with Gasteiger partial charge in [-0.2, -0.15) is 4.68 Å². The molecule has 0 saturated carbocycles. The Balaban J connectivity index is 1.35. The van der Waals surface area contributed by atoms with Gasteiger partial charge < -0.3 is 10.2 Å². The zero-order valence-corrected chi connectivity index (χ0v) is 18.0. The van der Waals surface area contributed by atoms with Crippen molar-refractivity contribution in [2.45, 2.75) is 19.3 Å². The zero-order chi connectivity index (χ0) is 20.9. The summed E-state index contributed by atoms with van der Waals surface area (Å²) in [5.74, 6) is 0.873. The molecule has 3 heterocycles. The molecule has 0 atom stereocenters. The summed E-state index contributed by atoms with van der Waals surface area (Å²) in [6, 6.07) is 14.4. The summed E-state index contributed by atoms with van der Waals surface area (Å²) in [7, 11) is 0. The molecule has 30 heavy (non-hydrogen) atoms. The fourth-order valence-corrected chi connectivity index (χ4v) is 4.54. The van der Waals surface area contributed by atoms with Crippen LogP contribution in [0.25, 0.3) is 5.69 Å². The van der Waals surface area contributed by atoms with Crippen molar-refractivity contribution < 1.29 is 4.79 Å². The highest BCUT2D eigenvalue weighted by atomic mass is 35.5. The second kappa shape index (κ2) is 9.45. The summed E-state index contributed by atoms with van der Waals surface area (Å²) in [6.45, 7) is 2.12. The molecule has 1 aliphatic heterocycles. The molecule has 1 saturated heterocycles. The van der Waals surface area contributed by atoms with Crippen molar-refractivity contribution in [2.24, 2.45) is 5.92 Å². The monoisotopic (exact) mass is 442 g/mol. The van der Waals surface area contributed by atoms with Crippen molar-refractivity contribution in [1.29, 1.82) is 0 Å². The van der Waals surface area contributed by atoms with Gasteiger partial charge in [-0.3, -0.25) is 9.59 Å². The molecule has 8 heteroatoms. The molecule has 0 spiro atoms. The lowest BCUT2D eigenvalue weighted by molar-refractivity contribution is -0.125. The van der Waals surface area contributed by atoms with Gasteiger partial charge in [0.05, 0.1) is 5.69 Å². The van der Waals surface area contributed by atoms with Crippen LogP contribution < -0.4 is 15.8 Å². The lowest BCUT2D eigenvalue weighted by Gasteiger charge is -2.32. The summed E-state index contributed by atoms with van der Waals surface area (Å²) in [5, 5.41) is 10.2. The number of aromatic nitrogens is 2. The van der Waals surface area contributed by atoms with Crippen molar-refractivity contribution >= 4 is 34.7 Å². The van der Waals surface area contributed by atoms with Gasteiger partial charge in [0.2, 0.25) is 5.91 Å². The number of nitrogens with zero attached hydrogens (tertiary/aromatic N) is 3. The van der Waals surface area contributed by atoms with Crippen molar-refractivity contribution in [3.8, 4) is 5.69 Å². The van der Waals surface area contributed by atoms with E-state index in [9.17, 15) is 9.59 Å². The predicted octanol–water partition coefficient (Wildman–Crippen LogP) is 3.52. The van der Waals surface area contributed by atoms with E-state index in [1.54, 1.807) is 41.7 Å². The molecule has 1 fully saturated rings. The first kappa shape index (κ1) is 20.6. The van der Waals surface area contributed by atoms with E-state index in [-0.39, 0.29) is 17.4 Å². The van der Waals surface area contributed by atoms with Gasteiger partial charge in [-0.05, 0) is 55.0 Å². The van der Waals surface area contributed by atoms with Gasteiger partial charge in [0, 0.05) is 41.5 Å². The first-order chi connectivity index (χ1) is 14.6. The molecule has 1 aliphatic rings. The van der Waals surface area contributed by atoms with E-state index < -0.39 is 0 Å². The Labute approximate surface area is 184 Å². The predicted molar refractivity (Wildman–Crippen MR) is 121 cm³/mol. The minimum Gasteiger partial charge on any atom is -0.355 e. The van der Waals surface area contributed by atoms with Crippen molar-refractivity contribution in [1.82, 2.24) is 15.1 Å². The maximum atomic E-state index is 12.5. The van der Waals surface area contributed by atoms with Crippen molar-refractivity contribution in [2.75, 3.05) is 24.5 Å². The molecule has 1 N–H and O–H groups in total. The van der Waals surface area contributed by atoms with Crippen LogP contribution in [0.4, 0.5) is 5.82 Å². The van der Waals surface area contributed by atoms with Crippen molar-refractivity contribution in [3.05, 3.63) is 74.2 Å². The summed E-state index contributed by atoms with van der Waals surface area (Å²) in [6.07, 6.45) is 2.41. The summed E-state index contributed by atoms with van der Waals surface area (Å²) in [5.41, 5.74) is 0.426. The van der Waals surface area contributed by atoms with Crippen LogP contribution in [0, 0.1) is 5.92 Å². The minimum atomic E-state index is -0.207. The number of hydrogen-bond donors (Lipinski definition) is 1. The second-order valence-electron chi connectivity index (χ2n) is 7.30. The number of rotatable bonds is 6. The standard InChI is InChI=1S/C22H23ClN4O2S/c23-17-3-1-4-18(15-17)27-21(28)7-6-20(25-27)26-12-9-16(10-13-26)22(29)24-11-8-19-5-2-14-30-19/h1-7,14-16H,8-13H2,(H,24,29). The highest BCUT2D eigenvalue weighted by molar-refractivity contribution is 7.09. The Kier molecular flexibility index (Phi) is 6.50. The molecule has 3 aromatic rings. The molecular formula is C22H23ClN4O2S. The quantitative estimate of drug-likeness (QED) is 0.634. The molecule has 0 unspecified atom stereocenters. The molecule has 0 aliphatic carbocycles. The van der Waals surface area contributed by atoms with Gasteiger partial charge in [0.15, 0.2) is 0 Å². The minimum absolute atomic E-state index is 0.0171. The Hall–Kier alpha value is -2.64. The second-order valence-corrected chi connectivity index (χ2v) is 8.77. The highest BCUT2D eigenvalue weighted by Gasteiger charge is 2.25. The van der Waals surface area contributed by atoms with Gasteiger partial charge in [0.25, 0.3) is 5.56 Å². The number of hydrogen-bond acceptors (Lipinski definition) is 5. The number of thiophene rings is 1. The lowest BCUT2D eigenvalue weighted by Crippen LogP contribution is -2.41. The van der Waals surface area contributed by atoms with Crippen LogP contribution in [0.5, 0.6) is 0 Å². The molecule has 2 aromatic heterocycles. The zero-order valence-electron chi connectivity index (χ0n) is 16.5. The molecular weight excluding hydrogens is 420 g/mol. The van der Waals surface area contributed by atoms with Gasteiger partial charge in [-0.25, -0.2) is 0 Å². The van der Waals surface area contributed by atoms with Crippen LogP contribution in [0.15, 0.2) is 58.7 Å². The van der Waals surface area contributed by atoms with E-state index in [1.165, 1.54) is 15.6 Å². The topological polar surface area (TPSA) is 67.2 Å². The fraction of sp³-hybridized carbons (Fsp3) is 0.318. The van der Waals surface area contributed by atoms with Crippen LogP contribution in [-0.4, -0.2) is 35.3 Å². The van der Waals surface area contributed by atoms with E-state index >= 15 is 0 Å². The molecule has 1 amide bonds. The third-order valence-corrected chi connectivity index (χ3v) is 6.45. The largest absolute Gasteiger partial charge is 0.355 e. The van der Waals surface area contributed by atoms with Crippen LogP contribution >= 0.6 is 22.9 Å². The number of halogens is 1. The van der Waals surface area contributed by atoms with Crippen LogP contribution in [-0.2, 0) is 11.2 Å². The van der Waals surface area contributed by atoms with E-state index in [0.717, 1.165) is 38.2 Å².